The Bertz CT molecular complexity index is 780. The van der Waals surface area contributed by atoms with Crippen LogP contribution in [0, 0.1) is 5.82 Å². The molecule has 1 saturated heterocycles. The minimum absolute atomic E-state index is 0.300. The van der Waals surface area contributed by atoms with Crippen molar-refractivity contribution in [1.82, 2.24) is 4.90 Å². The molecule has 1 aliphatic rings. The Morgan fingerprint density at radius 2 is 1.81 bits per heavy atom. The van der Waals surface area contributed by atoms with Gasteiger partial charge in [0.05, 0.1) is 23.6 Å². The fourth-order valence-electron chi connectivity index (χ4n) is 3.25. The van der Waals surface area contributed by atoms with E-state index in [1.54, 1.807) is 19.2 Å². The van der Waals surface area contributed by atoms with Crippen LogP contribution in [0.15, 0.2) is 47.4 Å². The molecule has 1 atom stereocenters. The monoisotopic (exact) mass is 410 g/mol. The fraction of sp³-hybridized carbons (Fsp3) is 0.400. The lowest BCUT2D eigenvalue weighted by atomic mass is 10.2. The molecule has 0 N–H and O–H groups in total. The maximum atomic E-state index is 12.9. The summed E-state index contributed by atoms with van der Waals surface area (Å²) in [6.07, 6.45) is 0.855. The molecule has 3 rings (SSSR count). The van der Waals surface area contributed by atoms with Gasteiger partial charge >= 0.3 is 0 Å². The van der Waals surface area contributed by atoms with E-state index in [1.807, 2.05) is 18.2 Å². The van der Waals surface area contributed by atoms with Gasteiger partial charge in [-0.15, -0.1) is 0 Å². The van der Waals surface area contributed by atoms with Gasteiger partial charge in [-0.25, -0.2) is 4.39 Å². The number of ether oxygens (including phenoxy) is 1. The zero-order valence-corrected chi connectivity index (χ0v) is 16.9. The van der Waals surface area contributed by atoms with Crippen LogP contribution in [0.2, 0.25) is 5.02 Å². The predicted molar refractivity (Wildman–Crippen MR) is 109 cm³/mol. The summed E-state index contributed by atoms with van der Waals surface area (Å²) in [5.74, 6) is 1.09. The third kappa shape index (κ3) is 5.43. The third-order valence-corrected chi connectivity index (χ3v) is 6.43. The third-order valence-electron chi connectivity index (χ3n) is 4.74. The van der Waals surface area contributed by atoms with Gasteiger partial charge in [0.2, 0.25) is 0 Å². The first-order valence-corrected chi connectivity index (χ1v) is 10.7. The van der Waals surface area contributed by atoms with Crippen molar-refractivity contribution < 1.29 is 13.3 Å². The van der Waals surface area contributed by atoms with Gasteiger partial charge in [-0.3, -0.25) is 9.11 Å². The molecular formula is C20H24ClFN2O2S. The van der Waals surface area contributed by atoms with Crippen molar-refractivity contribution in [2.24, 2.45) is 0 Å². The van der Waals surface area contributed by atoms with Crippen LogP contribution < -0.4 is 9.64 Å². The average Bonchev–Trinajstić information content (AvgIpc) is 2.69. The van der Waals surface area contributed by atoms with Gasteiger partial charge in [-0.1, -0.05) is 11.6 Å². The van der Waals surface area contributed by atoms with Crippen LogP contribution >= 0.6 is 11.6 Å². The molecule has 4 nitrogen and oxygen atoms in total. The van der Waals surface area contributed by atoms with Crippen LogP contribution in [0.1, 0.15) is 6.42 Å². The number of anilines is 1. The smallest absolute Gasteiger partial charge is 0.143 e. The summed E-state index contributed by atoms with van der Waals surface area (Å²) >= 11 is 6.04. The van der Waals surface area contributed by atoms with Crippen LogP contribution in [0.5, 0.6) is 5.75 Å². The standard InChI is InChI=1S/C20H24ClFN2O2S/c1-26-20-15-16(21)3-8-19(20)24-12-10-23(11-13-24)9-2-14-27(25)18-6-4-17(22)5-7-18/h3-8,15H,2,9-14H2,1H3. The number of halogens is 2. The van der Waals surface area contributed by atoms with Crippen LogP contribution in [0.4, 0.5) is 10.1 Å². The number of hydrogen-bond acceptors (Lipinski definition) is 4. The van der Waals surface area contributed by atoms with Gasteiger partial charge in [-0.2, -0.15) is 0 Å². The number of rotatable bonds is 7. The lowest BCUT2D eigenvalue weighted by Crippen LogP contribution is -2.46. The van der Waals surface area contributed by atoms with E-state index in [9.17, 15) is 8.60 Å². The number of hydrogen-bond donors (Lipinski definition) is 0. The molecule has 146 valence electrons. The van der Waals surface area contributed by atoms with Gasteiger partial charge in [0.25, 0.3) is 0 Å². The molecule has 0 amide bonds. The highest BCUT2D eigenvalue weighted by molar-refractivity contribution is 7.85. The zero-order chi connectivity index (χ0) is 19.2. The van der Waals surface area contributed by atoms with Crippen molar-refractivity contribution in [2.45, 2.75) is 11.3 Å². The van der Waals surface area contributed by atoms with E-state index in [-0.39, 0.29) is 5.82 Å². The van der Waals surface area contributed by atoms with Crippen molar-refractivity contribution >= 4 is 28.1 Å². The second kappa shape index (κ2) is 9.53. The van der Waals surface area contributed by atoms with E-state index in [1.165, 1.54) is 12.1 Å². The summed E-state index contributed by atoms with van der Waals surface area (Å²) in [6, 6.07) is 11.6. The lowest BCUT2D eigenvalue weighted by Gasteiger charge is -2.36. The van der Waals surface area contributed by atoms with Gasteiger partial charge in [-0.05, 0) is 49.4 Å². The van der Waals surface area contributed by atoms with Crippen molar-refractivity contribution in [1.29, 1.82) is 0 Å². The van der Waals surface area contributed by atoms with E-state index in [2.05, 4.69) is 9.80 Å². The fourth-order valence-corrected chi connectivity index (χ4v) is 4.48. The first-order chi connectivity index (χ1) is 13.1. The van der Waals surface area contributed by atoms with Crippen LogP contribution in [0.25, 0.3) is 0 Å². The highest BCUT2D eigenvalue weighted by Gasteiger charge is 2.19. The highest BCUT2D eigenvalue weighted by Crippen LogP contribution is 2.31. The average molecular weight is 411 g/mol. The molecule has 1 aliphatic heterocycles. The Labute approximate surface area is 167 Å². The second-order valence-electron chi connectivity index (χ2n) is 6.50. The molecule has 2 aromatic rings. The van der Waals surface area contributed by atoms with Crippen molar-refractivity contribution in [2.75, 3.05) is 50.5 Å². The summed E-state index contributed by atoms with van der Waals surface area (Å²) in [5.41, 5.74) is 1.07. The first-order valence-electron chi connectivity index (χ1n) is 9.01. The van der Waals surface area contributed by atoms with Crippen LogP contribution in [-0.4, -0.2) is 54.7 Å². The molecule has 0 radical (unpaired) electrons. The van der Waals surface area contributed by atoms with Crippen LogP contribution in [-0.2, 0) is 10.8 Å². The quantitative estimate of drug-likeness (QED) is 0.695. The molecule has 1 unspecified atom stereocenters. The summed E-state index contributed by atoms with van der Waals surface area (Å²) in [4.78, 5) is 5.39. The summed E-state index contributed by atoms with van der Waals surface area (Å²) in [5, 5.41) is 0.670. The summed E-state index contributed by atoms with van der Waals surface area (Å²) in [6.45, 7) is 4.65. The van der Waals surface area contributed by atoms with Crippen molar-refractivity contribution in [3.63, 3.8) is 0 Å². The molecular weight excluding hydrogens is 387 g/mol. The topological polar surface area (TPSA) is 32.8 Å². The van der Waals surface area contributed by atoms with Gasteiger partial charge in [0.15, 0.2) is 0 Å². The Kier molecular flexibility index (Phi) is 7.10. The molecule has 0 saturated carbocycles. The number of benzene rings is 2. The summed E-state index contributed by atoms with van der Waals surface area (Å²) < 4.78 is 30.7. The Hall–Kier alpha value is -1.63. The molecule has 0 bridgehead atoms. The Morgan fingerprint density at radius 1 is 1.11 bits per heavy atom. The number of piperazine rings is 1. The second-order valence-corrected chi connectivity index (χ2v) is 8.51. The number of nitrogens with zero attached hydrogens (tertiary/aromatic N) is 2. The van der Waals surface area contributed by atoms with Gasteiger partial charge < -0.3 is 9.64 Å². The van der Waals surface area contributed by atoms with E-state index in [4.69, 9.17) is 16.3 Å². The summed E-state index contributed by atoms with van der Waals surface area (Å²) in [7, 11) is 0.587. The molecule has 1 fully saturated rings. The molecule has 0 aliphatic carbocycles. The van der Waals surface area contributed by atoms with Gasteiger partial charge in [0.1, 0.15) is 11.6 Å². The van der Waals surface area contributed by atoms with E-state index < -0.39 is 10.8 Å². The van der Waals surface area contributed by atoms with Crippen molar-refractivity contribution in [3.05, 3.63) is 53.3 Å². The van der Waals surface area contributed by atoms with Gasteiger partial charge in [0, 0.05) is 47.9 Å². The maximum absolute atomic E-state index is 12.9. The predicted octanol–water partition coefficient (Wildman–Crippen LogP) is 3.81. The molecule has 0 aromatic heterocycles. The Balaban J connectivity index is 1.44. The molecule has 2 aromatic carbocycles. The van der Waals surface area contributed by atoms with Crippen molar-refractivity contribution in [3.8, 4) is 5.75 Å². The minimum Gasteiger partial charge on any atom is -0.495 e. The Morgan fingerprint density at radius 3 is 2.48 bits per heavy atom. The molecule has 27 heavy (non-hydrogen) atoms. The number of methoxy groups -OCH3 is 1. The lowest BCUT2D eigenvalue weighted by molar-refractivity contribution is 0.258. The van der Waals surface area contributed by atoms with Crippen LogP contribution in [0.3, 0.4) is 0 Å². The largest absolute Gasteiger partial charge is 0.495 e. The molecule has 7 heteroatoms. The maximum Gasteiger partial charge on any atom is 0.143 e. The SMILES string of the molecule is COc1cc(Cl)ccc1N1CCN(CCCS(=O)c2ccc(F)cc2)CC1. The van der Waals surface area contributed by atoms with E-state index >= 15 is 0 Å². The van der Waals surface area contributed by atoms with E-state index in [0.29, 0.717) is 15.7 Å². The highest BCUT2D eigenvalue weighted by atomic mass is 35.5. The first kappa shape index (κ1) is 20.1. The normalized spacial score (nSPS) is 16.3. The minimum atomic E-state index is -1.07. The van der Waals surface area contributed by atoms with E-state index in [0.717, 1.165) is 50.6 Å². The molecule has 1 heterocycles. The molecule has 0 spiro atoms. The zero-order valence-electron chi connectivity index (χ0n) is 15.4.